The number of hydrogen-bond acceptors (Lipinski definition) is 4. The van der Waals surface area contributed by atoms with Crippen LogP contribution in [0.1, 0.15) is 36.0 Å². The van der Waals surface area contributed by atoms with Crippen molar-refractivity contribution in [1.82, 2.24) is 14.8 Å². The molecule has 2 saturated heterocycles. The molecule has 2 aliphatic rings. The first-order valence-electron chi connectivity index (χ1n) is 11.0. The summed E-state index contributed by atoms with van der Waals surface area (Å²) < 4.78 is 0. The molecule has 1 aromatic heterocycles. The van der Waals surface area contributed by atoms with Gasteiger partial charge in [0, 0.05) is 57.4 Å². The van der Waals surface area contributed by atoms with Crippen LogP contribution in [0.2, 0.25) is 0 Å². The monoisotopic (exact) mass is 406 g/mol. The van der Waals surface area contributed by atoms with Crippen LogP contribution in [0.3, 0.4) is 0 Å². The van der Waals surface area contributed by atoms with Gasteiger partial charge in [0.05, 0.1) is 0 Å². The van der Waals surface area contributed by atoms with Crippen LogP contribution in [0.25, 0.3) is 0 Å². The maximum absolute atomic E-state index is 12.7. The summed E-state index contributed by atoms with van der Waals surface area (Å²) in [7, 11) is 0. The minimum absolute atomic E-state index is 0.121. The molecule has 1 aromatic carbocycles. The van der Waals surface area contributed by atoms with Crippen molar-refractivity contribution in [2.24, 2.45) is 5.92 Å². The fourth-order valence-corrected chi connectivity index (χ4v) is 4.40. The van der Waals surface area contributed by atoms with Gasteiger partial charge in [-0.15, -0.1) is 0 Å². The Labute approximate surface area is 178 Å². The first-order chi connectivity index (χ1) is 14.7. The quantitative estimate of drug-likeness (QED) is 0.766. The van der Waals surface area contributed by atoms with E-state index in [1.165, 1.54) is 0 Å². The number of carbonyl (C=O) groups is 2. The zero-order chi connectivity index (χ0) is 20.8. The summed E-state index contributed by atoms with van der Waals surface area (Å²) >= 11 is 0. The predicted octanol–water partition coefficient (Wildman–Crippen LogP) is 3.06. The van der Waals surface area contributed by atoms with E-state index in [9.17, 15) is 9.59 Å². The molecule has 0 saturated carbocycles. The maximum Gasteiger partial charge on any atom is 0.253 e. The maximum atomic E-state index is 12.7. The normalized spacial score (nSPS) is 17.8. The molecule has 2 fully saturated rings. The smallest absolute Gasteiger partial charge is 0.253 e. The molecule has 3 heterocycles. The van der Waals surface area contributed by atoms with Crippen LogP contribution in [0.5, 0.6) is 0 Å². The number of amides is 2. The minimum atomic E-state index is 0.121. The lowest BCUT2D eigenvalue weighted by Crippen LogP contribution is -2.49. The lowest BCUT2D eigenvalue weighted by molar-refractivity contribution is -0.131. The Morgan fingerprint density at radius 2 is 1.53 bits per heavy atom. The molecule has 0 unspecified atom stereocenters. The summed E-state index contributed by atoms with van der Waals surface area (Å²) in [4.78, 5) is 35.8. The highest BCUT2D eigenvalue weighted by molar-refractivity contribution is 5.94. The summed E-state index contributed by atoms with van der Waals surface area (Å²) in [6, 6.07) is 15.4. The first-order valence-corrected chi connectivity index (χ1v) is 11.0. The van der Waals surface area contributed by atoms with Gasteiger partial charge in [-0.1, -0.05) is 24.3 Å². The van der Waals surface area contributed by atoms with Gasteiger partial charge < -0.3 is 14.7 Å². The fourth-order valence-electron chi connectivity index (χ4n) is 4.40. The van der Waals surface area contributed by atoms with Crippen molar-refractivity contribution in [3.05, 3.63) is 60.3 Å². The lowest BCUT2D eigenvalue weighted by Gasteiger charge is -2.36. The van der Waals surface area contributed by atoms with E-state index in [1.54, 1.807) is 0 Å². The summed E-state index contributed by atoms with van der Waals surface area (Å²) in [6.45, 7) is 4.77. The number of nitrogens with zero attached hydrogens (tertiary/aromatic N) is 4. The van der Waals surface area contributed by atoms with Gasteiger partial charge in [-0.05, 0) is 49.4 Å². The number of piperazine rings is 1. The number of piperidine rings is 1. The zero-order valence-electron chi connectivity index (χ0n) is 17.4. The van der Waals surface area contributed by atoms with Crippen LogP contribution in [0.4, 0.5) is 5.82 Å². The third kappa shape index (κ3) is 4.99. The van der Waals surface area contributed by atoms with Crippen LogP contribution in [-0.2, 0) is 4.79 Å². The van der Waals surface area contributed by atoms with E-state index < -0.39 is 0 Å². The van der Waals surface area contributed by atoms with Crippen molar-refractivity contribution < 1.29 is 9.59 Å². The third-order valence-corrected chi connectivity index (χ3v) is 6.29. The summed E-state index contributed by atoms with van der Waals surface area (Å²) in [5.41, 5.74) is 0.760. The number of aromatic nitrogens is 1. The van der Waals surface area contributed by atoms with Crippen molar-refractivity contribution in [2.45, 2.75) is 25.7 Å². The summed E-state index contributed by atoms with van der Waals surface area (Å²) in [6.07, 6.45) is 5.32. The fraction of sp³-hybridized carbons (Fsp3) is 0.458. The predicted molar refractivity (Wildman–Crippen MR) is 117 cm³/mol. The van der Waals surface area contributed by atoms with Gasteiger partial charge in [-0.3, -0.25) is 9.59 Å². The molecule has 6 heteroatoms. The van der Waals surface area contributed by atoms with Gasteiger partial charge >= 0.3 is 0 Å². The Morgan fingerprint density at radius 3 is 2.20 bits per heavy atom. The number of rotatable bonds is 5. The Bertz CT molecular complexity index is 827. The highest BCUT2D eigenvalue weighted by Crippen LogP contribution is 2.24. The number of carbonyl (C=O) groups excluding carboxylic acids is 2. The molecular formula is C24H30N4O2. The number of likely N-dealkylation sites (tertiary alicyclic amines) is 1. The lowest BCUT2D eigenvalue weighted by atomic mass is 9.91. The SMILES string of the molecule is O=C(CCC1CCN(C(=O)c2ccccc2)CC1)N1CCN(c2ccccn2)CC1. The second kappa shape index (κ2) is 9.74. The average molecular weight is 407 g/mol. The Balaban J connectivity index is 1.17. The molecule has 0 radical (unpaired) electrons. The number of anilines is 1. The van der Waals surface area contributed by atoms with Crippen LogP contribution >= 0.6 is 0 Å². The van der Waals surface area contributed by atoms with Crippen molar-refractivity contribution in [3.63, 3.8) is 0 Å². The molecule has 158 valence electrons. The number of benzene rings is 1. The van der Waals surface area contributed by atoms with Crippen LogP contribution in [0, 0.1) is 5.92 Å². The van der Waals surface area contributed by atoms with Gasteiger partial charge in [-0.2, -0.15) is 0 Å². The topological polar surface area (TPSA) is 56.8 Å². The summed E-state index contributed by atoms with van der Waals surface area (Å²) in [5.74, 6) is 1.90. The van der Waals surface area contributed by atoms with E-state index in [-0.39, 0.29) is 11.8 Å². The first kappa shape index (κ1) is 20.4. The molecule has 0 aliphatic carbocycles. The van der Waals surface area contributed by atoms with Crippen molar-refractivity contribution in [3.8, 4) is 0 Å². The Kier molecular flexibility index (Phi) is 6.62. The summed E-state index contributed by atoms with van der Waals surface area (Å²) in [5, 5.41) is 0. The van der Waals surface area contributed by atoms with E-state index >= 15 is 0 Å². The second-order valence-corrected chi connectivity index (χ2v) is 8.20. The van der Waals surface area contributed by atoms with Crippen LogP contribution in [0.15, 0.2) is 54.7 Å². The van der Waals surface area contributed by atoms with Crippen LogP contribution in [-0.4, -0.2) is 65.9 Å². The van der Waals surface area contributed by atoms with Gasteiger partial charge in [0.25, 0.3) is 5.91 Å². The van der Waals surface area contributed by atoms with E-state index in [1.807, 2.05) is 64.5 Å². The molecule has 2 aromatic rings. The van der Waals surface area contributed by atoms with Gasteiger partial charge in [-0.25, -0.2) is 4.98 Å². The number of pyridine rings is 1. The molecule has 0 atom stereocenters. The molecule has 30 heavy (non-hydrogen) atoms. The van der Waals surface area contributed by atoms with E-state index in [2.05, 4.69) is 9.88 Å². The van der Waals surface area contributed by atoms with Gasteiger partial charge in [0.2, 0.25) is 5.91 Å². The Hall–Kier alpha value is -2.89. The third-order valence-electron chi connectivity index (χ3n) is 6.29. The van der Waals surface area contributed by atoms with Crippen LogP contribution < -0.4 is 4.90 Å². The molecular weight excluding hydrogens is 376 g/mol. The largest absolute Gasteiger partial charge is 0.353 e. The molecule has 0 N–H and O–H groups in total. The number of hydrogen-bond donors (Lipinski definition) is 0. The highest BCUT2D eigenvalue weighted by atomic mass is 16.2. The molecule has 6 nitrogen and oxygen atoms in total. The van der Waals surface area contributed by atoms with E-state index in [4.69, 9.17) is 0 Å². The zero-order valence-corrected chi connectivity index (χ0v) is 17.4. The van der Waals surface area contributed by atoms with E-state index in [0.717, 1.165) is 69.9 Å². The second-order valence-electron chi connectivity index (χ2n) is 8.20. The van der Waals surface area contributed by atoms with E-state index in [0.29, 0.717) is 12.3 Å². The standard InChI is InChI=1S/C24H30N4O2/c29-23(27-18-16-26(17-19-27)22-8-4-5-13-25-22)10-9-20-11-14-28(15-12-20)24(30)21-6-2-1-3-7-21/h1-8,13,20H,9-12,14-19H2. The Morgan fingerprint density at radius 1 is 0.833 bits per heavy atom. The molecule has 2 amide bonds. The minimum Gasteiger partial charge on any atom is -0.353 e. The van der Waals surface area contributed by atoms with Crippen molar-refractivity contribution >= 4 is 17.6 Å². The molecule has 0 bridgehead atoms. The molecule has 2 aliphatic heterocycles. The average Bonchev–Trinajstić information content (AvgIpc) is 2.83. The van der Waals surface area contributed by atoms with Gasteiger partial charge in [0.15, 0.2) is 0 Å². The van der Waals surface area contributed by atoms with Crippen molar-refractivity contribution in [2.75, 3.05) is 44.2 Å². The molecule has 4 rings (SSSR count). The highest BCUT2D eigenvalue weighted by Gasteiger charge is 2.26. The van der Waals surface area contributed by atoms with Crippen molar-refractivity contribution in [1.29, 1.82) is 0 Å². The molecule has 0 spiro atoms. The van der Waals surface area contributed by atoms with Gasteiger partial charge in [0.1, 0.15) is 5.82 Å².